The zero-order chi connectivity index (χ0) is 15.1. The summed E-state index contributed by atoms with van der Waals surface area (Å²) in [6, 6.07) is 16.1. The van der Waals surface area contributed by atoms with Crippen LogP contribution < -0.4 is 16.4 Å². The lowest BCUT2D eigenvalue weighted by molar-refractivity contribution is -0.115. The molecule has 0 aliphatic carbocycles. The van der Waals surface area contributed by atoms with Crippen LogP contribution in [0.3, 0.4) is 0 Å². The van der Waals surface area contributed by atoms with Gasteiger partial charge in [0.25, 0.3) is 0 Å². The van der Waals surface area contributed by atoms with Crippen LogP contribution in [0.2, 0.25) is 0 Å². The van der Waals surface area contributed by atoms with Crippen molar-refractivity contribution in [1.82, 2.24) is 0 Å². The minimum absolute atomic E-state index is 0.237. The molecule has 0 saturated carbocycles. The van der Waals surface area contributed by atoms with Crippen molar-refractivity contribution in [3.05, 3.63) is 54.6 Å². The SMILES string of the molecule is NC(=O)CSc1ccc(NC(=O)Nc2ccccc2)cc1. The van der Waals surface area contributed by atoms with Gasteiger partial charge in [0.15, 0.2) is 0 Å². The van der Waals surface area contributed by atoms with Gasteiger partial charge in [-0.3, -0.25) is 4.79 Å². The Kier molecular flexibility index (Phi) is 5.22. The lowest BCUT2D eigenvalue weighted by Crippen LogP contribution is -2.19. The van der Waals surface area contributed by atoms with Gasteiger partial charge < -0.3 is 16.4 Å². The molecule has 0 radical (unpaired) electrons. The molecule has 0 aliphatic heterocycles. The summed E-state index contributed by atoms with van der Waals surface area (Å²) in [6.07, 6.45) is 0. The molecule has 2 aromatic carbocycles. The highest BCUT2D eigenvalue weighted by molar-refractivity contribution is 8.00. The molecule has 0 spiro atoms. The van der Waals surface area contributed by atoms with E-state index in [4.69, 9.17) is 5.73 Å². The fourth-order valence-corrected chi connectivity index (χ4v) is 2.24. The van der Waals surface area contributed by atoms with Crippen molar-refractivity contribution >= 4 is 35.1 Å². The number of carbonyl (C=O) groups is 2. The monoisotopic (exact) mass is 301 g/mol. The predicted octanol–water partition coefficient (Wildman–Crippen LogP) is 2.91. The average Bonchev–Trinajstić information content (AvgIpc) is 2.47. The lowest BCUT2D eigenvalue weighted by Gasteiger charge is -2.08. The number of anilines is 2. The zero-order valence-corrected chi connectivity index (χ0v) is 12.0. The highest BCUT2D eigenvalue weighted by Crippen LogP contribution is 2.20. The smallest absolute Gasteiger partial charge is 0.323 e. The highest BCUT2D eigenvalue weighted by atomic mass is 32.2. The maximum atomic E-state index is 11.8. The summed E-state index contributed by atoms with van der Waals surface area (Å²) in [7, 11) is 0. The molecule has 2 rings (SSSR count). The van der Waals surface area contributed by atoms with Gasteiger partial charge in [0, 0.05) is 16.3 Å². The second-order valence-electron chi connectivity index (χ2n) is 4.22. The summed E-state index contributed by atoms with van der Waals surface area (Å²) in [5.74, 6) is -0.120. The number of para-hydroxylation sites is 1. The van der Waals surface area contributed by atoms with E-state index in [0.717, 1.165) is 10.6 Å². The molecule has 6 heteroatoms. The first-order valence-corrected chi connectivity index (χ1v) is 7.26. The second kappa shape index (κ2) is 7.35. The van der Waals surface area contributed by atoms with E-state index in [9.17, 15) is 9.59 Å². The van der Waals surface area contributed by atoms with Crippen LogP contribution in [-0.2, 0) is 4.79 Å². The van der Waals surface area contributed by atoms with Crippen LogP contribution in [0.5, 0.6) is 0 Å². The average molecular weight is 301 g/mol. The van der Waals surface area contributed by atoms with E-state index in [2.05, 4.69) is 10.6 Å². The van der Waals surface area contributed by atoms with E-state index in [1.807, 2.05) is 42.5 Å². The number of amides is 3. The van der Waals surface area contributed by atoms with Gasteiger partial charge in [-0.1, -0.05) is 18.2 Å². The summed E-state index contributed by atoms with van der Waals surface area (Å²) in [4.78, 5) is 23.4. The summed E-state index contributed by atoms with van der Waals surface area (Å²) in [5, 5.41) is 5.46. The Labute approximate surface area is 126 Å². The van der Waals surface area contributed by atoms with Gasteiger partial charge in [0.1, 0.15) is 0 Å². The van der Waals surface area contributed by atoms with Crippen LogP contribution in [0, 0.1) is 0 Å². The second-order valence-corrected chi connectivity index (χ2v) is 5.27. The van der Waals surface area contributed by atoms with Crippen molar-refractivity contribution in [1.29, 1.82) is 0 Å². The van der Waals surface area contributed by atoms with Crippen LogP contribution in [0.15, 0.2) is 59.5 Å². The summed E-state index contributed by atoms with van der Waals surface area (Å²) < 4.78 is 0. The van der Waals surface area contributed by atoms with Crippen LogP contribution in [0.1, 0.15) is 0 Å². The number of rotatable bonds is 5. The molecular formula is C15H15N3O2S. The molecule has 2 aromatic rings. The Bertz CT molecular complexity index is 615. The predicted molar refractivity (Wildman–Crippen MR) is 85.4 cm³/mol. The first-order valence-electron chi connectivity index (χ1n) is 6.28. The number of thioether (sulfide) groups is 1. The van der Waals surface area contributed by atoms with Gasteiger partial charge in [-0.05, 0) is 36.4 Å². The minimum Gasteiger partial charge on any atom is -0.369 e. The molecule has 0 aliphatic rings. The summed E-state index contributed by atoms with van der Waals surface area (Å²) >= 11 is 1.36. The van der Waals surface area contributed by atoms with E-state index >= 15 is 0 Å². The maximum absolute atomic E-state index is 11.8. The molecular weight excluding hydrogens is 286 g/mol. The van der Waals surface area contributed by atoms with Gasteiger partial charge in [0.05, 0.1) is 5.75 Å². The maximum Gasteiger partial charge on any atom is 0.323 e. The zero-order valence-electron chi connectivity index (χ0n) is 11.2. The van der Waals surface area contributed by atoms with E-state index in [0.29, 0.717) is 5.69 Å². The van der Waals surface area contributed by atoms with E-state index in [1.54, 1.807) is 12.1 Å². The quantitative estimate of drug-likeness (QED) is 0.742. The van der Waals surface area contributed by atoms with Gasteiger partial charge in [0.2, 0.25) is 5.91 Å². The Balaban J connectivity index is 1.88. The molecule has 0 saturated heterocycles. The number of nitrogens with one attached hydrogen (secondary N) is 2. The van der Waals surface area contributed by atoms with Crippen molar-refractivity contribution in [2.45, 2.75) is 4.90 Å². The van der Waals surface area contributed by atoms with Crippen LogP contribution in [-0.4, -0.2) is 17.7 Å². The van der Waals surface area contributed by atoms with Crippen molar-refractivity contribution in [2.75, 3.05) is 16.4 Å². The number of carbonyl (C=O) groups excluding carboxylic acids is 2. The minimum atomic E-state index is -0.357. The molecule has 0 heterocycles. The van der Waals surface area contributed by atoms with E-state index in [1.165, 1.54) is 11.8 Å². The molecule has 108 valence electrons. The fourth-order valence-electron chi connectivity index (χ4n) is 1.60. The van der Waals surface area contributed by atoms with Crippen molar-refractivity contribution in [3.63, 3.8) is 0 Å². The molecule has 3 amide bonds. The molecule has 5 nitrogen and oxygen atoms in total. The number of hydrogen-bond acceptors (Lipinski definition) is 3. The molecule has 21 heavy (non-hydrogen) atoms. The lowest BCUT2D eigenvalue weighted by atomic mass is 10.3. The number of benzene rings is 2. The molecule has 0 fully saturated rings. The van der Waals surface area contributed by atoms with Crippen LogP contribution in [0.25, 0.3) is 0 Å². The third kappa shape index (κ3) is 5.19. The van der Waals surface area contributed by atoms with Crippen molar-refractivity contribution in [2.24, 2.45) is 5.73 Å². The van der Waals surface area contributed by atoms with Gasteiger partial charge in [-0.25, -0.2) is 4.79 Å². The van der Waals surface area contributed by atoms with Crippen LogP contribution >= 0.6 is 11.8 Å². The number of hydrogen-bond donors (Lipinski definition) is 3. The molecule has 4 N–H and O–H groups in total. The normalized spacial score (nSPS) is 9.90. The van der Waals surface area contributed by atoms with Crippen molar-refractivity contribution in [3.8, 4) is 0 Å². The summed E-state index contributed by atoms with van der Waals surface area (Å²) in [5.41, 5.74) is 6.48. The molecule has 0 bridgehead atoms. The standard InChI is InChI=1S/C15H15N3O2S/c16-14(19)10-21-13-8-6-12(7-9-13)18-15(20)17-11-4-2-1-3-5-11/h1-9H,10H2,(H2,16,19)(H2,17,18,20). The highest BCUT2D eigenvalue weighted by Gasteiger charge is 2.03. The first-order chi connectivity index (χ1) is 10.1. The largest absolute Gasteiger partial charge is 0.369 e. The Morgan fingerprint density at radius 2 is 1.48 bits per heavy atom. The number of urea groups is 1. The third-order valence-corrected chi connectivity index (χ3v) is 3.56. The Morgan fingerprint density at radius 1 is 0.905 bits per heavy atom. The van der Waals surface area contributed by atoms with Crippen molar-refractivity contribution < 1.29 is 9.59 Å². The molecule has 0 atom stereocenters. The summed E-state index contributed by atoms with van der Waals surface area (Å²) in [6.45, 7) is 0. The molecule has 0 unspecified atom stereocenters. The van der Waals surface area contributed by atoms with E-state index < -0.39 is 0 Å². The van der Waals surface area contributed by atoms with E-state index in [-0.39, 0.29) is 17.7 Å². The third-order valence-electron chi connectivity index (χ3n) is 2.52. The van der Waals surface area contributed by atoms with Gasteiger partial charge in [-0.2, -0.15) is 0 Å². The Morgan fingerprint density at radius 3 is 2.05 bits per heavy atom. The molecule has 0 aromatic heterocycles. The van der Waals surface area contributed by atoms with Gasteiger partial charge >= 0.3 is 6.03 Å². The number of nitrogens with two attached hydrogens (primary N) is 1. The fraction of sp³-hybridized carbons (Fsp3) is 0.0667. The van der Waals surface area contributed by atoms with Gasteiger partial charge in [-0.15, -0.1) is 11.8 Å². The van der Waals surface area contributed by atoms with Crippen LogP contribution in [0.4, 0.5) is 16.2 Å². The Hall–Kier alpha value is -2.47. The topological polar surface area (TPSA) is 84.2 Å². The number of primary amides is 1. The first kappa shape index (κ1) is 14.9.